The Morgan fingerprint density at radius 2 is 1.86 bits per heavy atom. The van der Waals surface area contributed by atoms with Crippen molar-refractivity contribution in [1.29, 1.82) is 0 Å². The number of benzene rings is 1. The molecule has 0 bridgehead atoms. The number of nitrogens with zero attached hydrogens (tertiary/aromatic N) is 5. The molecule has 0 saturated carbocycles. The van der Waals surface area contributed by atoms with E-state index in [-0.39, 0.29) is 12.3 Å². The molecule has 8 heteroatoms. The Morgan fingerprint density at radius 3 is 2.57 bits per heavy atom. The van der Waals surface area contributed by atoms with Gasteiger partial charge >= 0.3 is 5.69 Å². The molecule has 4 rings (SSSR count). The van der Waals surface area contributed by atoms with E-state index in [0.717, 1.165) is 21.7 Å². The highest BCUT2D eigenvalue weighted by atomic mass is 32.1. The Hall–Kier alpha value is -3.26. The van der Waals surface area contributed by atoms with Crippen LogP contribution < -0.4 is 10.4 Å². The SMILES string of the molecule is Cc1ccc(-c2cccc(OCc3c(C)cccc3-n3nnn(C)c3=O)n2)s1. The van der Waals surface area contributed by atoms with Gasteiger partial charge in [-0.3, -0.25) is 0 Å². The smallest absolute Gasteiger partial charge is 0.368 e. The fourth-order valence-corrected chi connectivity index (χ4v) is 3.73. The minimum atomic E-state index is -0.306. The quantitative estimate of drug-likeness (QED) is 0.520. The monoisotopic (exact) mass is 393 g/mol. The van der Waals surface area contributed by atoms with Crippen LogP contribution in [0.4, 0.5) is 0 Å². The average Bonchev–Trinajstić information content (AvgIpc) is 3.27. The van der Waals surface area contributed by atoms with Crippen molar-refractivity contribution < 1.29 is 4.74 Å². The van der Waals surface area contributed by atoms with E-state index in [9.17, 15) is 4.79 Å². The van der Waals surface area contributed by atoms with Gasteiger partial charge in [-0.15, -0.1) is 11.3 Å². The summed E-state index contributed by atoms with van der Waals surface area (Å²) in [5.74, 6) is 0.532. The van der Waals surface area contributed by atoms with Crippen LogP contribution >= 0.6 is 11.3 Å². The molecule has 3 aromatic heterocycles. The number of rotatable bonds is 5. The van der Waals surface area contributed by atoms with Crippen molar-refractivity contribution in [3.63, 3.8) is 0 Å². The van der Waals surface area contributed by atoms with Gasteiger partial charge in [0, 0.05) is 23.6 Å². The van der Waals surface area contributed by atoms with Gasteiger partial charge in [0.05, 0.1) is 16.3 Å². The van der Waals surface area contributed by atoms with Crippen LogP contribution in [0.1, 0.15) is 16.0 Å². The molecule has 0 N–H and O–H groups in total. The Kier molecular flexibility index (Phi) is 4.79. The zero-order chi connectivity index (χ0) is 19.7. The normalized spacial score (nSPS) is 11.0. The first kappa shape index (κ1) is 18.1. The highest BCUT2D eigenvalue weighted by Gasteiger charge is 2.14. The van der Waals surface area contributed by atoms with E-state index in [0.29, 0.717) is 11.6 Å². The molecule has 1 aromatic carbocycles. The van der Waals surface area contributed by atoms with E-state index in [4.69, 9.17) is 4.74 Å². The first-order valence-electron chi connectivity index (χ1n) is 8.77. The maximum atomic E-state index is 12.3. The molecule has 0 fully saturated rings. The number of tetrazole rings is 1. The van der Waals surface area contributed by atoms with Crippen LogP contribution in [0.15, 0.2) is 53.3 Å². The Bertz CT molecular complexity index is 1190. The van der Waals surface area contributed by atoms with Crippen molar-refractivity contribution in [2.45, 2.75) is 20.5 Å². The molecule has 0 amide bonds. The third kappa shape index (κ3) is 3.46. The van der Waals surface area contributed by atoms with Crippen LogP contribution in [-0.2, 0) is 13.7 Å². The highest BCUT2D eigenvalue weighted by Crippen LogP contribution is 2.27. The zero-order valence-corrected chi connectivity index (χ0v) is 16.6. The van der Waals surface area contributed by atoms with Gasteiger partial charge in [-0.05, 0) is 54.1 Å². The summed E-state index contributed by atoms with van der Waals surface area (Å²) in [5, 5.41) is 7.74. The standard InChI is InChI=1S/C20H19N5O2S/c1-13-6-4-8-17(25-20(26)24(3)22-23-25)15(13)12-27-19-9-5-7-16(21-19)18-11-10-14(2)28-18/h4-11H,12H2,1-3H3. The lowest BCUT2D eigenvalue weighted by atomic mass is 10.1. The van der Waals surface area contributed by atoms with E-state index in [1.165, 1.54) is 14.2 Å². The van der Waals surface area contributed by atoms with Gasteiger partial charge in [0.25, 0.3) is 0 Å². The molecular weight excluding hydrogens is 374 g/mol. The minimum absolute atomic E-state index is 0.269. The third-order valence-corrected chi connectivity index (χ3v) is 5.44. The molecule has 3 heterocycles. The number of ether oxygens (including phenoxy) is 1. The summed E-state index contributed by atoms with van der Waals surface area (Å²) >= 11 is 1.70. The van der Waals surface area contributed by atoms with E-state index in [2.05, 4.69) is 34.5 Å². The molecule has 0 saturated heterocycles. The molecule has 4 aromatic rings. The molecule has 0 aliphatic rings. The summed E-state index contributed by atoms with van der Waals surface area (Å²) in [6.45, 7) is 4.31. The van der Waals surface area contributed by atoms with E-state index in [1.54, 1.807) is 18.4 Å². The van der Waals surface area contributed by atoms with Crippen molar-refractivity contribution in [2.75, 3.05) is 0 Å². The number of hydrogen-bond donors (Lipinski definition) is 0. The van der Waals surface area contributed by atoms with Crippen LogP contribution in [0.25, 0.3) is 16.3 Å². The predicted octanol–water partition coefficient (Wildman–Crippen LogP) is 3.29. The largest absolute Gasteiger partial charge is 0.473 e. The number of hydrogen-bond acceptors (Lipinski definition) is 6. The Labute approximate surface area is 165 Å². The van der Waals surface area contributed by atoms with E-state index >= 15 is 0 Å². The first-order valence-corrected chi connectivity index (χ1v) is 9.59. The molecule has 0 aliphatic heterocycles. The van der Waals surface area contributed by atoms with E-state index in [1.807, 2.05) is 43.3 Å². The lowest BCUT2D eigenvalue weighted by molar-refractivity contribution is 0.293. The molecule has 7 nitrogen and oxygen atoms in total. The second kappa shape index (κ2) is 7.40. The maximum Gasteiger partial charge on any atom is 0.368 e. The predicted molar refractivity (Wildman–Crippen MR) is 108 cm³/mol. The van der Waals surface area contributed by atoms with Crippen LogP contribution in [0.5, 0.6) is 5.88 Å². The summed E-state index contributed by atoms with van der Waals surface area (Å²) in [5.41, 5.74) is 3.10. The summed E-state index contributed by atoms with van der Waals surface area (Å²) in [6, 6.07) is 15.6. The molecule has 0 spiro atoms. The molecule has 0 atom stereocenters. The molecular formula is C20H19N5O2S. The zero-order valence-electron chi connectivity index (χ0n) is 15.8. The lowest BCUT2D eigenvalue weighted by Gasteiger charge is -2.12. The van der Waals surface area contributed by atoms with Crippen molar-refractivity contribution in [2.24, 2.45) is 7.05 Å². The van der Waals surface area contributed by atoms with Crippen LogP contribution in [0.3, 0.4) is 0 Å². The summed E-state index contributed by atoms with van der Waals surface area (Å²) in [4.78, 5) is 19.2. The number of aromatic nitrogens is 5. The second-order valence-corrected chi connectivity index (χ2v) is 7.72. The second-order valence-electron chi connectivity index (χ2n) is 6.43. The fraction of sp³-hybridized carbons (Fsp3) is 0.200. The van der Waals surface area contributed by atoms with Crippen LogP contribution in [0.2, 0.25) is 0 Å². The molecule has 28 heavy (non-hydrogen) atoms. The number of thiophene rings is 1. The van der Waals surface area contributed by atoms with Crippen molar-refractivity contribution in [1.82, 2.24) is 24.8 Å². The topological polar surface area (TPSA) is 74.8 Å². The number of aryl methyl sites for hydroxylation is 3. The van der Waals surface area contributed by atoms with Gasteiger partial charge in [-0.1, -0.05) is 18.2 Å². The maximum absolute atomic E-state index is 12.3. The van der Waals surface area contributed by atoms with Gasteiger partial charge in [0.15, 0.2) is 0 Å². The first-order chi connectivity index (χ1) is 13.5. The van der Waals surface area contributed by atoms with Gasteiger partial charge in [0.2, 0.25) is 5.88 Å². The van der Waals surface area contributed by atoms with Gasteiger partial charge in [-0.25, -0.2) is 9.78 Å². The average molecular weight is 393 g/mol. The van der Waals surface area contributed by atoms with Crippen molar-refractivity contribution in [3.05, 3.63) is 75.0 Å². The minimum Gasteiger partial charge on any atom is -0.473 e. The number of pyridine rings is 1. The molecule has 0 unspecified atom stereocenters. The van der Waals surface area contributed by atoms with Gasteiger partial charge in [-0.2, -0.15) is 9.36 Å². The van der Waals surface area contributed by atoms with Crippen LogP contribution in [-0.4, -0.2) is 24.8 Å². The summed E-state index contributed by atoms with van der Waals surface area (Å²) in [7, 11) is 1.57. The Balaban J connectivity index is 1.63. The molecule has 142 valence electrons. The van der Waals surface area contributed by atoms with E-state index < -0.39 is 0 Å². The fourth-order valence-electron chi connectivity index (χ4n) is 2.89. The summed E-state index contributed by atoms with van der Waals surface area (Å²) in [6.07, 6.45) is 0. The van der Waals surface area contributed by atoms with Crippen molar-refractivity contribution >= 4 is 11.3 Å². The summed E-state index contributed by atoms with van der Waals surface area (Å²) < 4.78 is 8.45. The Morgan fingerprint density at radius 1 is 1.04 bits per heavy atom. The van der Waals surface area contributed by atoms with Gasteiger partial charge < -0.3 is 4.74 Å². The molecule has 0 radical (unpaired) electrons. The highest BCUT2D eigenvalue weighted by molar-refractivity contribution is 7.15. The van der Waals surface area contributed by atoms with Crippen LogP contribution in [0, 0.1) is 13.8 Å². The lowest BCUT2D eigenvalue weighted by Crippen LogP contribution is -2.23. The third-order valence-electron chi connectivity index (χ3n) is 4.42. The van der Waals surface area contributed by atoms with Crippen molar-refractivity contribution in [3.8, 4) is 22.1 Å². The van der Waals surface area contributed by atoms with Gasteiger partial charge in [0.1, 0.15) is 6.61 Å². The molecule has 0 aliphatic carbocycles.